The van der Waals surface area contributed by atoms with Gasteiger partial charge in [-0.25, -0.2) is 0 Å². The maximum Gasteiger partial charge on any atom is 0.0873 e. The summed E-state index contributed by atoms with van der Waals surface area (Å²) in [5, 5.41) is 8.20. The van der Waals surface area contributed by atoms with Crippen molar-refractivity contribution in [3.8, 4) is 0 Å². The van der Waals surface area contributed by atoms with Gasteiger partial charge in [-0.1, -0.05) is 18.2 Å². The minimum Gasteiger partial charge on any atom is -0.399 e. The Morgan fingerprint density at radius 2 is 1.59 bits per heavy atom. The normalized spacial score (nSPS) is 10.8. The van der Waals surface area contributed by atoms with Crippen LogP contribution in [0, 0.1) is 0 Å². The van der Waals surface area contributed by atoms with Crippen molar-refractivity contribution in [1.82, 2.24) is 0 Å². The number of nitrogens with zero attached hydrogens (tertiary/aromatic N) is 2. The van der Waals surface area contributed by atoms with Crippen LogP contribution >= 0.6 is 0 Å². The van der Waals surface area contributed by atoms with Crippen LogP contribution in [0.1, 0.15) is 5.56 Å². The molecule has 0 fully saturated rings. The van der Waals surface area contributed by atoms with Crippen molar-refractivity contribution in [2.75, 3.05) is 11.5 Å². The summed E-state index contributed by atoms with van der Waals surface area (Å²) in [4.78, 5) is 0. The largest absolute Gasteiger partial charge is 0.399 e. The van der Waals surface area contributed by atoms with Crippen molar-refractivity contribution in [2.24, 2.45) is 10.2 Å². The first-order chi connectivity index (χ1) is 8.24. The number of azo groups is 1. The average molecular weight is 226 g/mol. The lowest BCUT2D eigenvalue weighted by atomic mass is 10.2. The van der Waals surface area contributed by atoms with Gasteiger partial charge in [-0.3, -0.25) is 0 Å². The summed E-state index contributed by atoms with van der Waals surface area (Å²) < 4.78 is 0. The average Bonchev–Trinajstić information content (AvgIpc) is 2.29. The summed E-state index contributed by atoms with van der Waals surface area (Å²) in [5.41, 5.74) is 14.5. The van der Waals surface area contributed by atoms with Crippen molar-refractivity contribution in [1.29, 1.82) is 0 Å². The summed E-state index contributed by atoms with van der Waals surface area (Å²) >= 11 is 0. The van der Waals surface area contributed by atoms with E-state index in [-0.39, 0.29) is 0 Å². The fraction of sp³-hybridized carbons (Fsp3) is 0.0769. The molecular formula is C13H14N4. The molecule has 17 heavy (non-hydrogen) atoms. The van der Waals surface area contributed by atoms with Crippen LogP contribution in [0.2, 0.25) is 0 Å². The maximum atomic E-state index is 5.67. The van der Waals surface area contributed by atoms with Gasteiger partial charge in [0.2, 0.25) is 0 Å². The molecule has 0 unspecified atom stereocenters. The van der Waals surface area contributed by atoms with Gasteiger partial charge in [0.15, 0.2) is 0 Å². The summed E-state index contributed by atoms with van der Waals surface area (Å²) in [5.74, 6) is 0. The van der Waals surface area contributed by atoms with E-state index in [4.69, 9.17) is 11.5 Å². The first kappa shape index (κ1) is 11.1. The first-order valence-corrected chi connectivity index (χ1v) is 5.31. The quantitative estimate of drug-likeness (QED) is 0.623. The first-order valence-electron chi connectivity index (χ1n) is 5.31. The third kappa shape index (κ3) is 3.31. The van der Waals surface area contributed by atoms with Crippen LogP contribution in [-0.4, -0.2) is 0 Å². The Balaban J connectivity index is 2.03. The second-order valence-corrected chi connectivity index (χ2v) is 3.74. The highest BCUT2D eigenvalue weighted by Crippen LogP contribution is 2.16. The molecule has 0 aliphatic carbocycles. The highest BCUT2D eigenvalue weighted by Gasteiger charge is 1.92. The molecule has 0 saturated heterocycles. The number of anilines is 2. The van der Waals surface area contributed by atoms with E-state index in [1.807, 2.05) is 42.5 Å². The number of rotatable bonds is 3. The van der Waals surface area contributed by atoms with Gasteiger partial charge < -0.3 is 11.5 Å². The Bertz CT molecular complexity index is 534. The third-order valence-corrected chi connectivity index (χ3v) is 2.26. The fourth-order valence-corrected chi connectivity index (χ4v) is 1.48. The molecule has 0 aliphatic rings. The Morgan fingerprint density at radius 1 is 0.882 bits per heavy atom. The highest BCUT2D eigenvalue weighted by molar-refractivity contribution is 5.50. The number of benzene rings is 2. The lowest BCUT2D eigenvalue weighted by Crippen LogP contribution is -1.86. The van der Waals surface area contributed by atoms with Crippen molar-refractivity contribution in [2.45, 2.75) is 6.54 Å². The fourth-order valence-electron chi connectivity index (χ4n) is 1.48. The topological polar surface area (TPSA) is 76.8 Å². The Morgan fingerprint density at radius 3 is 2.29 bits per heavy atom. The van der Waals surface area contributed by atoms with Gasteiger partial charge >= 0.3 is 0 Å². The van der Waals surface area contributed by atoms with E-state index in [1.165, 1.54) is 0 Å². The predicted octanol–water partition coefficient (Wildman–Crippen LogP) is 3.13. The molecule has 0 atom stereocenters. The number of nitrogens with two attached hydrogens (primary N) is 2. The standard InChI is InChI=1S/C13H14N4/c14-11-4-1-3-10(7-11)9-16-17-13-6-2-5-12(15)8-13/h1-8H,9,14-15H2. The van der Waals surface area contributed by atoms with E-state index in [0.29, 0.717) is 12.2 Å². The molecule has 86 valence electrons. The predicted molar refractivity (Wildman–Crippen MR) is 69.9 cm³/mol. The second-order valence-electron chi connectivity index (χ2n) is 3.74. The molecule has 2 rings (SSSR count). The van der Waals surface area contributed by atoms with E-state index >= 15 is 0 Å². The van der Waals surface area contributed by atoms with E-state index in [0.717, 1.165) is 16.9 Å². The molecule has 0 amide bonds. The molecule has 0 radical (unpaired) electrons. The summed E-state index contributed by atoms with van der Waals surface area (Å²) in [6.07, 6.45) is 0. The van der Waals surface area contributed by atoms with Gasteiger partial charge in [-0.2, -0.15) is 10.2 Å². The Hall–Kier alpha value is -2.36. The van der Waals surface area contributed by atoms with Gasteiger partial charge in [-0.15, -0.1) is 0 Å². The minimum atomic E-state index is 0.514. The summed E-state index contributed by atoms with van der Waals surface area (Å²) in [6.45, 7) is 0.514. The highest BCUT2D eigenvalue weighted by atomic mass is 15.1. The van der Waals surface area contributed by atoms with Crippen LogP contribution in [0.3, 0.4) is 0 Å². The number of hydrogen-bond acceptors (Lipinski definition) is 4. The Labute approximate surface area is 100.0 Å². The third-order valence-electron chi connectivity index (χ3n) is 2.26. The summed E-state index contributed by atoms with van der Waals surface area (Å²) in [6, 6.07) is 14.9. The van der Waals surface area contributed by atoms with Crippen molar-refractivity contribution in [3.63, 3.8) is 0 Å². The molecule has 0 aliphatic heterocycles. The number of nitrogen functional groups attached to an aromatic ring is 2. The van der Waals surface area contributed by atoms with E-state index in [2.05, 4.69) is 10.2 Å². The zero-order valence-electron chi connectivity index (χ0n) is 9.38. The van der Waals surface area contributed by atoms with E-state index < -0.39 is 0 Å². The van der Waals surface area contributed by atoms with Gasteiger partial charge in [0.1, 0.15) is 0 Å². The number of hydrogen-bond donors (Lipinski definition) is 2. The molecule has 0 bridgehead atoms. The van der Waals surface area contributed by atoms with Crippen LogP contribution in [0.5, 0.6) is 0 Å². The SMILES string of the molecule is Nc1cccc(CN=Nc2cccc(N)c2)c1. The molecular weight excluding hydrogens is 212 g/mol. The molecule has 0 aromatic heterocycles. The maximum absolute atomic E-state index is 5.67. The zero-order valence-corrected chi connectivity index (χ0v) is 9.38. The molecule has 4 heteroatoms. The van der Waals surface area contributed by atoms with Crippen LogP contribution in [0.25, 0.3) is 0 Å². The lowest BCUT2D eigenvalue weighted by molar-refractivity contribution is 0.960. The molecule has 2 aromatic rings. The zero-order chi connectivity index (χ0) is 12.1. The monoisotopic (exact) mass is 226 g/mol. The van der Waals surface area contributed by atoms with Crippen molar-refractivity contribution >= 4 is 17.1 Å². The van der Waals surface area contributed by atoms with Crippen LogP contribution in [-0.2, 0) is 6.54 Å². The molecule has 2 aromatic carbocycles. The van der Waals surface area contributed by atoms with Crippen LogP contribution in [0.15, 0.2) is 58.8 Å². The molecule has 4 nitrogen and oxygen atoms in total. The van der Waals surface area contributed by atoms with Gasteiger partial charge in [0.05, 0.1) is 12.2 Å². The van der Waals surface area contributed by atoms with Gasteiger partial charge in [0.25, 0.3) is 0 Å². The lowest BCUT2D eigenvalue weighted by Gasteiger charge is -1.97. The smallest absolute Gasteiger partial charge is 0.0873 e. The summed E-state index contributed by atoms with van der Waals surface area (Å²) in [7, 11) is 0. The minimum absolute atomic E-state index is 0.514. The molecule has 4 N–H and O–H groups in total. The second kappa shape index (κ2) is 5.12. The van der Waals surface area contributed by atoms with E-state index in [1.54, 1.807) is 6.07 Å². The molecule has 0 spiro atoms. The van der Waals surface area contributed by atoms with E-state index in [9.17, 15) is 0 Å². The van der Waals surface area contributed by atoms with Gasteiger partial charge in [-0.05, 0) is 35.9 Å². The van der Waals surface area contributed by atoms with Crippen molar-refractivity contribution in [3.05, 3.63) is 54.1 Å². The van der Waals surface area contributed by atoms with Crippen LogP contribution in [0.4, 0.5) is 17.1 Å². The molecule has 0 saturated carbocycles. The Kier molecular flexibility index (Phi) is 3.35. The van der Waals surface area contributed by atoms with Gasteiger partial charge in [0, 0.05) is 11.4 Å². The van der Waals surface area contributed by atoms with Crippen LogP contribution < -0.4 is 11.5 Å². The molecule has 0 heterocycles. The van der Waals surface area contributed by atoms with Crippen molar-refractivity contribution < 1.29 is 0 Å².